The van der Waals surface area contributed by atoms with E-state index in [1.807, 2.05) is 30.3 Å². The van der Waals surface area contributed by atoms with Crippen LogP contribution in [0.4, 0.5) is 11.4 Å². The Labute approximate surface area is 155 Å². The molecule has 0 spiro atoms. The van der Waals surface area contributed by atoms with E-state index in [4.69, 9.17) is 0 Å². The van der Waals surface area contributed by atoms with E-state index in [0.717, 1.165) is 28.1 Å². The number of aryl methyl sites for hydroxylation is 1. The van der Waals surface area contributed by atoms with Crippen molar-refractivity contribution in [3.8, 4) is 0 Å². The second kappa shape index (κ2) is 8.08. The van der Waals surface area contributed by atoms with Gasteiger partial charge in [-0.2, -0.15) is 0 Å². The molecule has 2 aromatic carbocycles. The molecule has 0 bridgehead atoms. The Morgan fingerprint density at radius 3 is 2.54 bits per heavy atom. The largest absolute Gasteiger partial charge is 0.371 e. The first-order valence-electron chi connectivity index (χ1n) is 8.15. The zero-order chi connectivity index (χ0) is 16.9. The molecule has 5 heteroatoms. The number of amides is 1. The van der Waals surface area contributed by atoms with Crippen molar-refractivity contribution in [2.45, 2.75) is 24.7 Å². The summed E-state index contributed by atoms with van der Waals surface area (Å²) in [6, 6.07) is 14.2. The Morgan fingerprint density at radius 1 is 1.17 bits per heavy atom. The Balaban J connectivity index is 1.56. The first kappa shape index (κ1) is 17.4. The summed E-state index contributed by atoms with van der Waals surface area (Å²) in [4.78, 5) is 15.7. The molecule has 1 saturated heterocycles. The molecule has 24 heavy (non-hydrogen) atoms. The number of hydrogen-bond acceptors (Lipinski definition) is 3. The predicted octanol–water partition coefficient (Wildman–Crippen LogP) is 5.09. The number of halogens is 1. The second-order valence-electron chi connectivity index (χ2n) is 5.99. The third-order valence-electron chi connectivity index (χ3n) is 4.11. The predicted molar refractivity (Wildman–Crippen MR) is 106 cm³/mol. The van der Waals surface area contributed by atoms with Crippen molar-refractivity contribution in [1.82, 2.24) is 0 Å². The Kier molecular flexibility index (Phi) is 5.85. The highest BCUT2D eigenvalue weighted by atomic mass is 79.9. The highest BCUT2D eigenvalue weighted by Crippen LogP contribution is 2.27. The van der Waals surface area contributed by atoms with Gasteiger partial charge in [-0.1, -0.05) is 15.9 Å². The molecular formula is C19H21BrN2OS. The maximum Gasteiger partial charge on any atom is 0.234 e. The molecule has 0 radical (unpaired) electrons. The van der Waals surface area contributed by atoms with Crippen molar-refractivity contribution in [1.29, 1.82) is 0 Å². The van der Waals surface area contributed by atoms with E-state index in [0.29, 0.717) is 5.75 Å². The van der Waals surface area contributed by atoms with Crippen LogP contribution in [0.15, 0.2) is 51.8 Å². The number of carbonyl (C=O) groups excluding carboxylic acids is 1. The van der Waals surface area contributed by atoms with Gasteiger partial charge in [-0.15, -0.1) is 11.8 Å². The summed E-state index contributed by atoms with van der Waals surface area (Å²) in [6.45, 7) is 4.38. The zero-order valence-corrected chi connectivity index (χ0v) is 16.1. The van der Waals surface area contributed by atoms with Gasteiger partial charge in [-0.05, 0) is 67.8 Å². The standard InChI is InChI=1S/C19H21BrN2OS/c1-14-12-16(6-9-18(14)22-10-2-3-11-22)21-19(23)13-24-17-7-4-15(20)5-8-17/h4-9,12H,2-3,10-11,13H2,1H3,(H,21,23). The molecular weight excluding hydrogens is 384 g/mol. The second-order valence-corrected chi connectivity index (χ2v) is 7.95. The van der Waals surface area contributed by atoms with Crippen molar-refractivity contribution in [3.05, 3.63) is 52.5 Å². The number of hydrogen-bond donors (Lipinski definition) is 1. The Morgan fingerprint density at radius 2 is 1.88 bits per heavy atom. The number of carbonyl (C=O) groups is 1. The van der Waals surface area contributed by atoms with Gasteiger partial charge in [0.15, 0.2) is 0 Å². The summed E-state index contributed by atoms with van der Waals surface area (Å²) in [5.41, 5.74) is 3.38. The van der Waals surface area contributed by atoms with Gasteiger partial charge in [-0.3, -0.25) is 4.79 Å². The van der Waals surface area contributed by atoms with Gasteiger partial charge in [0.2, 0.25) is 5.91 Å². The van der Waals surface area contributed by atoms with Crippen molar-refractivity contribution in [2.75, 3.05) is 29.1 Å². The first-order chi connectivity index (χ1) is 11.6. The van der Waals surface area contributed by atoms with Gasteiger partial charge in [0, 0.05) is 33.8 Å². The normalized spacial score (nSPS) is 14.0. The molecule has 0 unspecified atom stereocenters. The molecule has 0 aromatic heterocycles. The van der Waals surface area contributed by atoms with Crippen LogP contribution in [0.2, 0.25) is 0 Å². The molecule has 1 N–H and O–H groups in total. The molecule has 1 heterocycles. The number of rotatable bonds is 5. The van der Waals surface area contributed by atoms with Gasteiger partial charge >= 0.3 is 0 Å². The van der Waals surface area contributed by atoms with Crippen molar-refractivity contribution < 1.29 is 4.79 Å². The quantitative estimate of drug-likeness (QED) is 0.704. The first-order valence-corrected chi connectivity index (χ1v) is 9.93. The van der Waals surface area contributed by atoms with Crippen LogP contribution in [-0.4, -0.2) is 24.7 Å². The number of nitrogens with zero attached hydrogens (tertiary/aromatic N) is 1. The molecule has 1 fully saturated rings. The molecule has 1 aliphatic heterocycles. The summed E-state index contributed by atoms with van der Waals surface area (Å²) in [5.74, 6) is 0.436. The van der Waals surface area contributed by atoms with Crippen LogP contribution < -0.4 is 10.2 Å². The smallest absolute Gasteiger partial charge is 0.234 e. The SMILES string of the molecule is Cc1cc(NC(=O)CSc2ccc(Br)cc2)ccc1N1CCCC1. The third-order valence-corrected chi connectivity index (χ3v) is 5.65. The topological polar surface area (TPSA) is 32.3 Å². The van der Waals surface area contributed by atoms with Crippen molar-refractivity contribution in [2.24, 2.45) is 0 Å². The van der Waals surface area contributed by atoms with Crippen molar-refractivity contribution >= 4 is 45.0 Å². The molecule has 0 saturated carbocycles. The molecule has 3 rings (SSSR count). The molecule has 0 atom stereocenters. The fourth-order valence-corrected chi connectivity index (χ4v) is 3.89. The maximum atomic E-state index is 12.2. The van der Waals surface area contributed by atoms with E-state index in [9.17, 15) is 4.79 Å². The molecule has 126 valence electrons. The highest BCUT2D eigenvalue weighted by Gasteiger charge is 2.14. The van der Waals surface area contributed by atoms with Gasteiger partial charge in [0.25, 0.3) is 0 Å². The van der Waals surface area contributed by atoms with Crippen LogP contribution in [0.5, 0.6) is 0 Å². The molecule has 1 amide bonds. The average Bonchev–Trinajstić information content (AvgIpc) is 3.09. The number of anilines is 2. The van der Waals surface area contributed by atoms with Crippen LogP contribution in [0.3, 0.4) is 0 Å². The van der Waals surface area contributed by atoms with Crippen LogP contribution in [0.25, 0.3) is 0 Å². The minimum Gasteiger partial charge on any atom is -0.371 e. The molecule has 2 aromatic rings. The highest BCUT2D eigenvalue weighted by molar-refractivity contribution is 9.10. The Hall–Kier alpha value is -1.46. The molecule has 1 aliphatic rings. The Bertz CT molecular complexity index is 712. The fourth-order valence-electron chi connectivity index (χ4n) is 2.92. The van der Waals surface area contributed by atoms with E-state index in [1.165, 1.54) is 24.1 Å². The monoisotopic (exact) mass is 404 g/mol. The van der Waals surface area contributed by atoms with Crippen molar-refractivity contribution in [3.63, 3.8) is 0 Å². The lowest BCUT2D eigenvalue weighted by Crippen LogP contribution is -2.19. The number of benzene rings is 2. The minimum absolute atomic E-state index is 0.0243. The van der Waals surface area contributed by atoms with E-state index in [1.54, 1.807) is 11.8 Å². The van der Waals surface area contributed by atoms with Gasteiger partial charge in [-0.25, -0.2) is 0 Å². The van der Waals surface area contributed by atoms with Gasteiger partial charge in [0.1, 0.15) is 0 Å². The van der Waals surface area contributed by atoms with Crippen LogP contribution >= 0.6 is 27.7 Å². The van der Waals surface area contributed by atoms with E-state index < -0.39 is 0 Å². The summed E-state index contributed by atoms with van der Waals surface area (Å²) in [7, 11) is 0. The summed E-state index contributed by atoms with van der Waals surface area (Å²) < 4.78 is 1.05. The van der Waals surface area contributed by atoms with E-state index >= 15 is 0 Å². The zero-order valence-electron chi connectivity index (χ0n) is 13.7. The summed E-state index contributed by atoms with van der Waals surface area (Å²) in [5, 5.41) is 2.99. The van der Waals surface area contributed by atoms with Crippen LogP contribution in [0.1, 0.15) is 18.4 Å². The fraction of sp³-hybridized carbons (Fsp3) is 0.316. The lowest BCUT2D eigenvalue weighted by Gasteiger charge is -2.20. The molecule has 3 nitrogen and oxygen atoms in total. The maximum absolute atomic E-state index is 12.2. The van der Waals surface area contributed by atoms with Crippen LogP contribution in [0, 0.1) is 6.92 Å². The lowest BCUT2D eigenvalue weighted by atomic mass is 10.1. The lowest BCUT2D eigenvalue weighted by molar-refractivity contribution is -0.113. The van der Waals surface area contributed by atoms with Gasteiger partial charge in [0.05, 0.1) is 5.75 Å². The number of thioether (sulfide) groups is 1. The van der Waals surface area contributed by atoms with Gasteiger partial charge < -0.3 is 10.2 Å². The number of nitrogens with one attached hydrogen (secondary N) is 1. The minimum atomic E-state index is 0.0243. The molecule has 0 aliphatic carbocycles. The average molecular weight is 405 g/mol. The van der Waals surface area contributed by atoms with E-state index in [2.05, 4.69) is 45.2 Å². The summed E-state index contributed by atoms with van der Waals surface area (Å²) >= 11 is 4.96. The summed E-state index contributed by atoms with van der Waals surface area (Å²) in [6.07, 6.45) is 2.54. The third kappa shape index (κ3) is 4.54. The van der Waals surface area contributed by atoms with E-state index in [-0.39, 0.29) is 5.91 Å². The van der Waals surface area contributed by atoms with Crippen LogP contribution in [-0.2, 0) is 4.79 Å².